The van der Waals surface area contributed by atoms with Gasteiger partial charge in [-0.15, -0.1) is 0 Å². The Hall–Kier alpha value is -1.06. The van der Waals surface area contributed by atoms with Crippen molar-refractivity contribution in [2.45, 2.75) is 76.1 Å². The summed E-state index contributed by atoms with van der Waals surface area (Å²) in [7, 11) is 0. The minimum absolute atomic E-state index is 0.143. The molecule has 0 saturated carbocycles. The van der Waals surface area contributed by atoms with E-state index >= 15 is 0 Å². The summed E-state index contributed by atoms with van der Waals surface area (Å²) in [6.45, 7) is 8.27. The molecule has 3 fully saturated rings. The minimum atomic E-state index is -1.18. The van der Waals surface area contributed by atoms with Crippen LogP contribution in [0.1, 0.15) is 33.3 Å². The van der Waals surface area contributed by atoms with Crippen molar-refractivity contribution in [1.82, 2.24) is 0 Å². The van der Waals surface area contributed by atoms with E-state index in [2.05, 4.69) is 0 Å². The number of aliphatic hydroxyl groups excluding tert-OH is 1. The Balaban J connectivity index is 1.50. The van der Waals surface area contributed by atoms with Gasteiger partial charge in [-0.2, -0.15) is 0 Å². The van der Waals surface area contributed by atoms with E-state index in [1.54, 1.807) is 0 Å². The molecular formula is C20H28O7. The lowest BCUT2D eigenvalue weighted by Crippen LogP contribution is -2.51. The summed E-state index contributed by atoms with van der Waals surface area (Å²) in [5.41, 5.74) is -0.0678. The summed E-state index contributed by atoms with van der Waals surface area (Å²) in [6, 6.07) is 9.85. The predicted molar refractivity (Wildman–Crippen MR) is 94.6 cm³/mol. The highest BCUT2D eigenvalue weighted by Gasteiger charge is 2.68. The molecule has 3 saturated heterocycles. The van der Waals surface area contributed by atoms with Crippen LogP contribution < -0.4 is 0 Å². The Labute approximate surface area is 159 Å². The van der Waals surface area contributed by atoms with Gasteiger partial charge < -0.3 is 33.5 Å². The number of aliphatic hydroxyl groups is 1. The number of benzene rings is 1. The maximum absolute atomic E-state index is 10.7. The molecule has 27 heavy (non-hydrogen) atoms. The molecular weight excluding hydrogens is 352 g/mol. The summed E-state index contributed by atoms with van der Waals surface area (Å²) < 4.78 is 35.6. The van der Waals surface area contributed by atoms with E-state index in [9.17, 15) is 5.11 Å². The third-order valence-corrected chi connectivity index (χ3v) is 5.17. The average Bonchev–Trinajstić information content (AvgIpc) is 3.17. The Morgan fingerprint density at radius 3 is 2.48 bits per heavy atom. The maximum atomic E-state index is 10.7. The third-order valence-electron chi connectivity index (χ3n) is 5.17. The monoisotopic (exact) mass is 380 g/mol. The fourth-order valence-electron chi connectivity index (χ4n) is 4.06. The van der Waals surface area contributed by atoms with Gasteiger partial charge in [0.1, 0.15) is 18.3 Å². The molecule has 4 rings (SSSR count). The van der Waals surface area contributed by atoms with Crippen molar-refractivity contribution in [2.75, 3.05) is 13.2 Å². The lowest BCUT2D eigenvalue weighted by molar-refractivity contribution is -0.263. The van der Waals surface area contributed by atoms with Gasteiger partial charge in [0.15, 0.2) is 23.5 Å². The molecule has 0 spiro atoms. The van der Waals surface area contributed by atoms with Gasteiger partial charge in [0.2, 0.25) is 0 Å². The van der Waals surface area contributed by atoms with Crippen molar-refractivity contribution in [2.24, 2.45) is 0 Å². The van der Waals surface area contributed by atoms with Crippen molar-refractivity contribution in [3.63, 3.8) is 0 Å². The number of hydrogen-bond acceptors (Lipinski definition) is 7. The molecule has 0 aromatic heterocycles. The van der Waals surface area contributed by atoms with Gasteiger partial charge in [0.05, 0.1) is 19.8 Å². The number of ether oxygens (including phenoxy) is 6. The second-order valence-corrected chi connectivity index (χ2v) is 8.29. The summed E-state index contributed by atoms with van der Waals surface area (Å²) in [6.07, 6.45) is -2.57. The zero-order valence-corrected chi connectivity index (χ0v) is 16.2. The first kappa shape index (κ1) is 19.3. The van der Waals surface area contributed by atoms with Crippen molar-refractivity contribution < 1.29 is 33.5 Å². The van der Waals surface area contributed by atoms with Crippen molar-refractivity contribution >= 4 is 0 Å². The molecule has 1 aromatic carbocycles. The van der Waals surface area contributed by atoms with Crippen LogP contribution in [0, 0.1) is 0 Å². The van der Waals surface area contributed by atoms with Crippen LogP contribution in [0.4, 0.5) is 0 Å². The van der Waals surface area contributed by atoms with Crippen molar-refractivity contribution in [1.29, 1.82) is 0 Å². The van der Waals surface area contributed by atoms with E-state index in [1.165, 1.54) is 0 Å². The summed E-state index contributed by atoms with van der Waals surface area (Å²) >= 11 is 0. The van der Waals surface area contributed by atoms with Crippen LogP contribution in [-0.4, -0.2) is 60.1 Å². The lowest BCUT2D eigenvalue weighted by Gasteiger charge is -2.29. The van der Waals surface area contributed by atoms with E-state index in [4.69, 9.17) is 28.4 Å². The molecule has 3 aliphatic heterocycles. The van der Waals surface area contributed by atoms with Crippen LogP contribution in [0.15, 0.2) is 30.3 Å². The summed E-state index contributed by atoms with van der Waals surface area (Å²) in [5.74, 6) is -1.55. The van der Waals surface area contributed by atoms with E-state index < -0.39 is 35.7 Å². The van der Waals surface area contributed by atoms with E-state index in [0.29, 0.717) is 13.2 Å². The van der Waals surface area contributed by atoms with Crippen LogP contribution in [0.5, 0.6) is 0 Å². The van der Waals surface area contributed by atoms with Gasteiger partial charge >= 0.3 is 0 Å². The van der Waals surface area contributed by atoms with Crippen LogP contribution in [0.2, 0.25) is 0 Å². The minimum Gasteiger partial charge on any atom is -0.373 e. The van der Waals surface area contributed by atoms with E-state index in [1.807, 2.05) is 58.0 Å². The van der Waals surface area contributed by atoms with Gasteiger partial charge in [0.25, 0.3) is 0 Å². The largest absolute Gasteiger partial charge is 0.373 e. The molecule has 2 unspecified atom stereocenters. The van der Waals surface area contributed by atoms with E-state index in [0.717, 1.165) is 5.56 Å². The van der Waals surface area contributed by atoms with Crippen LogP contribution in [-0.2, 0) is 35.0 Å². The Bertz CT molecular complexity index is 662. The van der Waals surface area contributed by atoms with Crippen molar-refractivity contribution in [3.8, 4) is 0 Å². The lowest BCUT2D eigenvalue weighted by atomic mass is 9.94. The SMILES string of the molecule is CC1(C)OCC([C@H]2OC(O)[C@@]3(COCc4ccccc4)OC(C)(C)O[C@@H]23)O1. The molecule has 0 bridgehead atoms. The molecule has 0 radical (unpaired) electrons. The first-order valence-corrected chi connectivity index (χ1v) is 9.36. The Morgan fingerprint density at radius 2 is 1.81 bits per heavy atom. The molecule has 0 aliphatic carbocycles. The molecule has 3 heterocycles. The number of rotatable bonds is 5. The fraction of sp³-hybridized carbons (Fsp3) is 0.700. The van der Waals surface area contributed by atoms with Gasteiger partial charge in [-0.05, 0) is 33.3 Å². The topological polar surface area (TPSA) is 75.6 Å². The quantitative estimate of drug-likeness (QED) is 0.837. The van der Waals surface area contributed by atoms with Crippen LogP contribution in [0.25, 0.3) is 0 Å². The highest BCUT2D eigenvalue weighted by atomic mass is 16.8. The second-order valence-electron chi connectivity index (χ2n) is 8.29. The van der Waals surface area contributed by atoms with Gasteiger partial charge in [-0.25, -0.2) is 0 Å². The smallest absolute Gasteiger partial charge is 0.189 e. The normalized spacial score (nSPS) is 39.6. The van der Waals surface area contributed by atoms with Crippen LogP contribution >= 0.6 is 0 Å². The first-order valence-electron chi connectivity index (χ1n) is 9.36. The zero-order chi connectivity index (χ0) is 19.3. The van der Waals surface area contributed by atoms with Gasteiger partial charge in [0, 0.05) is 0 Å². The number of hydrogen-bond donors (Lipinski definition) is 1. The van der Waals surface area contributed by atoms with Crippen LogP contribution in [0.3, 0.4) is 0 Å². The van der Waals surface area contributed by atoms with Gasteiger partial charge in [-0.1, -0.05) is 30.3 Å². The van der Waals surface area contributed by atoms with Gasteiger partial charge in [-0.3, -0.25) is 0 Å². The third kappa shape index (κ3) is 3.65. The summed E-state index contributed by atoms with van der Waals surface area (Å²) in [4.78, 5) is 0. The molecule has 1 aromatic rings. The maximum Gasteiger partial charge on any atom is 0.189 e. The highest BCUT2D eigenvalue weighted by Crippen LogP contribution is 2.48. The summed E-state index contributed by atoms with van der Waals surface area (Å²) in [5, 5.41) is 10.7. The predicted octanol–water partition coefficient (Wildman–Crippen LogP) is 1.96. The average molecular weight is 380 g/mol. The molecule has 7 nitrogen and oxygen atoms in total. The van der Waals surface area contributed by atoms with E-state index in [-0.39, 0.29) is 12.7 Å². The second kappa shape index (κ2) is 6.77. The molecule has 7 heteroatoms. The number of fused-ring (bicyclic) bond motifs is 1. The standard InChI is InChI=1S/C20H28O7/c1-18(2)23-11-14(25-18)15-16-20(17(21)24-15,27-19(3,4)26-16)12-22-10-13-8-6-5-7-9-13/h5-9,14-17,21H,10-12H2,1-4H3/t14?,15-,16+,17?,20+/m1/s1. The first-order chi connectivity index (χ1) is 12.7. The molecule has 1 N–H and O–H groups in total. The zero-order valence-electron chi connectivity index (χ0n) is 16.2. The van der Waals surface area contributed by atoms with Crippen molar-refractivity contribution in [3.05, 3.63) is 35.9 Å². The highest BCUT2D eigenvalue weighted by molar-refractivity contribution is 5.14. The molecule has 150 valence electrons. The fourth-order valence-corrected chi connectivity index (χ4v) is 4.06. The Kier molecular flexibility index (Phi) is 4.83. The Morgan fingerprint density at radius 1 is 1.07 bits per heavy atom. The molecule has 0 amide bonds. The molecule has 3 aliphatic rings. The molecule has 5 atom stereocenters.